The van der Waals surface area contributed by atoms with E-state index in [9.17, 15) is 9.59 Å². The fourth-order valence-corrected chi connectivity index (χ4v) is 5.29. The molecule has 2 aromatic carbocycles. The van der Waals surface area contributed by atoms with Crippen LogP contribution < -0.4 is 5.73 Å². The van der Waals surface area contributed by atoms with Gasteiger partial charge in [-0.3, -0.25) is 4.79 Å². The van der Waals surface area contributed by atoms with Crippen LogP contribution in [0.15, 0.2) is 60.7 Å². The highest BCUT2D eigenvalue weighted by Crippen LogP contribution is 2.40. The molecule has 2 aliphatic rings. The van der Waals surface area contributed by atoms with E-state index in [0.717, 1.165) is 32.2 Å². The van der Waals surface area contributed by atoms with Crippen molar-refractivity contribution >= 4 is 12.2 Å². The van der Waals surface area contributed by atoms with Gasteiger partial charge in [0.15, 0.2) is 0 Å². The zero-order valence-corrected chi connectivity index (χ0v) is 18.0. The molecule has 0 atom stereocenters. The van der Waals surface area contributed by atoms with Crippen molar-refractivity contribution in [2.75, 3.05) is 26.3 Å². The quantitative estimate of drug-likeness (QED) is 0.525. The molecule has 1 saturated heterocycles. The van der Waals surface area contributed by atoms with E-state index in [2.05, 4.69) is 60.7 Å². The second-order valence-electron chi connectivity index (χ2n) is 9.11. The number of rotatable bonds is 8. The van der Waals surface area contributed by atoms with Gasteiger partial charge in [0.05, 0.1) is 6.61 Å². The molecular formula is C26H32N2O3. The number of hydrogen-bond acceptors (Lipinski definition) is 4. The van der Waals surface area contributed by atoms with Crippen LogP contribution in [0, 0.1) is 11.8 Å². The molecule has 5 heteroatoms. The fourth-order valence-electron chi connectivity index (χ4n) is 5.29. The smallest absolute Gasteiger partial charge is 0.225 e. The zero-order valence-electron chi connectivity index (χ0n) is 18.0. The minimum atomic E-state index is -0.465. The molecule has 1 amide bonds. The number of benzene rings is 2. The first-order valence-electron chi connectivity index (χ1n) is 11.3. The van der Waals surface area contributed by atoms with E-state index < -0.39 is 5.54 Å². The second kappa shape index (κ2) is 9.75. The van der Waals surface area contributed by atoms with Crippen LogP contribution in [-0.2, 0) is 14.3 Å². The molecule has 2 N–H and O–H groups in total. The molecule has 2 aromatic rings. The van der Waals surface area contributed by atoms with Gasteiger partial charge in [-0.25, -0.2) is 0 Å². The lowest BCUT2D eigenvalue weighted by Crippen LogP contribution is -2.59. The monoisotopic (exact) mass is 420 g/mol. The van der Waals surface area contributed by atoms with E-state index in [1.54, 1.807) is 0 Å². The Labute approximate surface area is 184 Å². The van der Waals surface area contributed by atoms with Gasteiger partial charge in [-0.1, -0.05) is 60.7 Å². The van der Waals surface area contributed by atoms with Gasteiger partial charge in [0.1, 0.15) is 12.9 Å². The molecular weight excluding hydrogens is 388 g/mol. The Hall–Kier alpha value is -2.50. The summed E-state index contributed by atoms with van der Waals surface area (Å²) in [7, 11) is 0. The predicted molar refractivity (Wildman–Crippen MR) is 121 cm³/mol. The van der Waals surface area contributed by atoms with Crippen molar-refractivity contribution in [3.8, 4) is 0 Å². The van der Waals surface area contributed by atoms with E-state index in [1.807, 2.05) is 4.90 Å². The Kier molecular flexibility index (Phi) is 6.83. The van der Waals surface area contributed by atoms with Gasteiger partial charge < -0.3 is 20.2 Å². The molecule has 0 bridgehead atoms. The lowest BCUT2D eigenvalue weighted by molar-refractivity contribution is -0.143. The summed E-state index contributed by atoms with van der Waals surface area (Å²) in [5, 5.41) is 0. The third-order valence-electron chi connectivity index (χ3n) is 6.87. The van der Waals surface area contributed by atoms with Crippen LogP contribution >= 0.6 is 0 Å². The van der Waals surface area contributed by atoms with Crippen LogP contribution in [0.4, 0.5) is 0 Å². The number of amides is 1. The van der Waals surface area contributed by atoms with E-state index in [-0.39, 0.29) is 18.4 Å². The number of carbonyl (C=O) groups excluding carboxylic acids is 2. The lowest BCUT2D eigenvalue weighted by atomic mass is 9.68. The van der Waals surface area contributed by atoms with Crippen molar-refractivity contribution in [1.29, 1.82) is 0 Å². The molecule has 1 saturated carbocycles. The zero-order chi connectivity index (χ0) is 21.7. The average Bonchev–Trinajstić information content (AvgIpc) is 2.79. The van der Waals surface area contributed by atoms with Gasteiger partial charge >= 0.3 is 0 Å². The summed E-state index contributed by atoms with van der Waals surface area (Å²) in [5.41, 5.74) is 8.51. The molecule has 0 spiro atoms. The van der Waals surface area contributed by atoms with Crippen LogP contribution in [0.1, 0.15) is 42.7 Å². The summed E-state index contributed by atoms with van der Waals surface area (Å²) < 4.78 is 5.27. The molecule has 5 nitrogen and oxygen atoms in total. The van der Waals surface area contributed by atoms with Crippen molar-refractivity contribution in [1.82, 2.24) is 4.90 Å². The van der Waals surface area contributed by atoms with Crippen molar-refractivity contribution in [3.63, 3.8) is 0 Å². The van der Waals surface area contributed by atoms with Gasteiger partial charge in [-0.15, -0.1) is 0 Å². The van der Waals surface area contributed by atoms with Gasteiger partial charge in [0, 0.05) is 30.5 Å². The number of piperidine rings is 1. The summed E-state index contributed by atoms with van der Waals surface area (Å²) in [6, 6.07) is 21.4. The number of nitrogens with zero attached hydrogens (tertiary/aromatic N) is 1. The van der Waals surface area contributed by atoms with Crippen LogP contribution in [0.25, 0.3) is 0 Å². The summed E-state index contributed by atoms with van der Waals surface area (Å²) in [6.45, 7) is 2.01. The SMILES string of the molecule is N[C@]1(COCC=O)C[C@H](C(=O)N2CCC(C(c3ccccc3)c3ccccc3)CC2)C1. The lowest BCUT2D eigenvalue weighted by Gasteiger charge is -2.46. The van der Waals surface area contributed by atoms with Gasteiger partial charge in [0.2, 0.25) is 5.91 Å². The number of ether oxygens (including phenoxy) is 1. The summed E-state index contributed by atoms with van der Waals surface area (Å²) in [6.07, 6.45) is 4.02. The Balaban J connectivity index is 1.35. The van der Waals surface area contributed by atoms with Gasteiger partial charge in [0.25, 0.3) is 0 Å². The molecule has 0 unspecified atom stereocenters. The first-order valence-corrected chi connectivity index (χ1v) is 11.3. The Morgan fingerprint density at radius 3 is 2.10 bits per heavy atom. The maximum atomic E-state index is 13.0. The first kappa shape index (κ1) is 21.7. The van der Waals surface area contributed by atoms with Crippen LogP contribution in [-0.4, -0.2) is 48.9 Å². The largest absolute Gasteiger partial charge is 0.372 e. The number of likely N-dealkylation sites (tertiary alicyclic amines) is 1. The Bertz CT molecular complexity index is 817. The highest BCUT2D eigenvalue weighted by atomic mass is 16.5. The fraction of sp³-hybridized carbons (Fsp3) is 0.462. The maximum absolute atomic E-state index is 13.0. The molecule has 0 radical (unpaired) electrons. The van der Waals surface area contributed by atoms with Crippen LogP contribution in [0.2, 0.25) is 0 Å². The summed E-state index contributed by atoms with van der Waals surface area (Å²) >= 11 is 0. The molecule has 1 aliphatic heterocycles. The van der Waals surface area contributed by atoms with Crippen molar-refractivity contribution in [2.24, 2.45) is 17.6 Å². The van der Waals surface area contributed by atoms with Crippen LogP contribution in [0.3, 0.4) is 0 Å². The molecule has 4 rings (SSSR count). The van der Waals surface area contributed by atoms with E-state index in [1.165, 1.54) is 11.1 Å². The number of hydrogen-bond donors (Lipinski definition) is 1. The van der Waals surface area contributed by atoms with Crippen molar-refractivity contribution in [3.05, 3.63) is 71.8 Å². The van der Waals surface area contributed by atoms with Crippen molar-refractivity contribution in [2.45, 2.75) is 37.1 Å². The van der Waals surface area contributed by atoms with Gasteiger partial charge in [-0.05, 0) is 42.7 Å². The third-order valence-corrected chi connectivity index (χ3v) is 6.87. The number of aldehydes is 1. The molecule has 31 heavy (non-hydrogen) atoms. The molecule has 164 valence electrons. The highest BCUT2D eigenvalue weighted by molar-refractivity contribution is 5.80. The minimum Gasteiger partial charge on any atom is -0.372 e. The van der Waals surface area contributed by atoms with Crippen molar-refractivity contribution < 1.29 is 14.3 Å². The second-order valence-corrected chi connectivity index (χ2v) is 9.11. The number of nitrogens with two attached hydrogens (primary N) is 1. The predicted octanol–water partition coefficient (Wildman–Crippen LogP) is 3.38. The Morgan fingerprint density at radius 1 is 1.03 bits per heavy atom. The molecule has 1 aliphatic carbocycles. The Morgan fingerprint density at radius 2 is 1.58 bits per heavy atom. The third kappa shape index (κ3) is 5.05. The molecule has 1 heterocycles. The topological polar surface area (TPSA) is 72.6 Å². The maximum Gasteiger partial charge on any atom is 0.225 e. The summed E-state index contributed by atoms with van der Waals surface area (Å²) in [4.78, 5) is 25.4. The van der Waals surface area contributed by atoms with Gasteiger partial charge in [-0.2, -0.15) is 0 Å². The highest BCUT2D eigenvalue weighted by Gasteiger charge is 2.46. The number of carbonyl (C=O) groups is 2. The average molecular weight is 421 g/mol. The van der Waals surface area contributed by atoms with E-state index >= 15 is 0 Å². The minimum absolute atomic E-state index is 0.0135. The molecule has 2 fully saturated rings. The van der Waals surface area contributed by atoms with E-state index in [4.69, 9.17) is 10.5 Å². The van der Waals surface area contributed by atoms with Crippen LogP contribution in [0.5, 0.6) is 0 Å². The standard InChI is InChI=1S/C26H32N2O3/c27-26(19-31-16-15-29)17-23(18-26)25(30)28-13-11-22(12-14-28)24(20-7-3-1-4-8-20)21-9-5-2-6-10-21/h1-10,15,22-24H,11-14,16-19,27H2/t23-,26+. The normalized spacial score (nSPS) is 24.1. The van der Waals surface area contributed by atoms with E-state index in [0.29, 0.717) is 31.3 Å². The molecule has 0 aromatic heterocycles. The summed E-state index contributed by atoms with van der Waals surface area (Å²) in [5.74, 6) is 1.09. The first-order chi connectivity index (χ1) is 15.1.